The lowest BCUT2D eigenvalue weighted by atomic mass is 10.0. The average Bonchev–Trinajstić information content (AvgIpc) is 3.92. The number of pyridine rings is 1. The summed E-state index contributed by atoms with van der Waals surface area (Å²) in [7, 11) is 7.33. The van der Waals surface area contributed by atoms with Gasteiger partial charge >= 0.3 is 0 Å². The van der Waals surface area contributed by atoms with Gasteiger partial charge in [-0.3, -0.25) is 9.59 Å². The van der Waals surface area contributed by atoms with Crippen LogP contribution < -0.4 is 19.7 Å². The predicted octanol–water partition coefficient (Wildman–Crippen LogP) is 6.99. The number of rotatable bonds is 24. The molecule has 5 rings (SSSR count). The molecule has 60 heavy (non-hydrogen) atoms. The summed E-state index contributed by atoms with van der Waals surface area (Å²) in [5.74, 6) is 2.50. The molecule has 2 aliphatic rings. The topological polar surface area (TPSA) is 103 Å². The molecular weight excluding hydrogens is 789 g/mol. The van der Waals surface area contributed by atoms with Crippen LogP contribution in [0, 0.1) is 5.92 Å². The summed E-state index contributed by atoms with van der Waals surface area (Å²) in [6, 6.07) is 21.2. The number of aliphatic hydroxyl groups is 2. The van der Waals surface area contributed by atoms with Crippen molar-refractivity contribution in [2.24, 2.45) is 5.92 Å². The first-order valence-electron chi connectivity index (χ1n) is 21.7. The van der Waals surface area contributed by atoms with Crippen molar-refractivity contribution < 1.29 is 24.4 Å². The number of likely N-dealkylation sites (N-methyl/N-ethyl adjacent to an activating group) is 2. The molecule has 12 heteroatoms. The van der Waals surface area contributed by atoms with Crippen LogP contribution in [0.15, 0.2) is 91.4 Å². The summed E-state index contributed by atoms with van der Waals surface area (Å²) >= 11 is 0. The number of nitrogens with one attached hydrogen (secondary N) is 1. The Bertz CT molecular complexity index is 1820. The van der Waals surface area contributed by atoms with E-state index in [1.807, 2.05) is 25.2 Å². The van der Waals surface area contributed by atoms with E-state index in [1.54, 1.807) is 26.5 Å². The van der Waals surface area contributed by atoms with E-state index >= 15 is 0 Å². The number of allylic oxidation sites excluding steroid dienone is 2. The number of carbonyl (C=O) groups excluding carboxylic acids is 2. The van der Waals surface area contributed by atoms with E-state index in [4.69, 9.17) is 0 Å². The van der Waals surface area contributed by atoms with Crippen molar-refractivity contribution in [1.82, 2.24) is 15.1 Å². The molecule has 2 amide bonds. The van der Waals surface area contributed by atoms with E-state index < -0.39 is 0 Å². The van der Waals surface area contributed by atoms with Gasteiger partial charge in [0.2, 0.25) is 11.8 Å². The monoisotopic (exact) mass is 855 g/mol. The SMILES string of the molecule is CCC(/C=C\NCCN(C)C(=O)CCCSSCCCC(=O)N(C)CC[n+]1ccc(/C=C/c2ccc(N3CCC(O)C3)cc2)cc1)/C=C/c1ccc(N2CCC(O)C2)cc1. The van der Waals surface area contributed by atoms with Crippen molar-refractivity contribution in [3.05, 3.63) is 108 Å². The summed E-state index contributed by atoms with van der Waals surface area (Å²) in [4.78, 5) is 33.4. The third-order valence-corrected chi connectivity index (χ3v) is 13.7. The predicted molar refractivity (Wildman–Crippen MR) is 253 cm³/mol. The van der Waals surface area contributed by atoms with E-state index in [-0.39, 0.29) is 24.0 Å². The zero-order valence-corrected chi connectivity index (χ0v) is 37.5. The number of benzene rings is 2. The first kappa shape index (κ1) is 46.8. The first-order chi connectivity index (χ1) is 29.2. The Morgan fingerprint density at radius 1 is 0.750 bits per heavy atom. The van der Waals surface area contributed by atoms with Crippen molar-refractivity contribution in [1.29, 1.82) is 0 Å². The van der Waals surface area contributed by atoms with Gasteiger partial charge in [-0.1, -0.05) is 83.2 Å². The second-order valence-corrected chi connectivity index (χ2v) is 18.6. The van der Waals surface area contributed by atoms with Crippen LogP contribution in [0.3, 0.4) is 0 Å². The van der Waals surface area contributed by atoms with Crippen molar-refractivity contribution in [3.8, 4) is 0 Å². The number of aliphatic hydroxyl groups excluding tert-OH is 2. The maximum atomic E-state index is 12.7. The Morgan fingerprint density at radius 3 is 1.75 bits per heavy atom. The molecule has 1 aromatic heterocycles. The van der Waals surface area contributed by atoms with Gasteiger partial charge in [0.05, 0.1) is 18.8 Å². The van der Waals surface area contributed by atoms with E-state index in [2.05, 4.69) is 130 Å². The number of hydrogen-bond donors (Lipinski definition) is 3. The fourth-order valence-electron chi connectivity index (χ4n) is 7.12. The summed E-state index contributed by atoms with van der Waals surface area (Å²) in [5.41, 5.74) is 5.74. The van der Waals surface area contributed by atoms with Gasteiger partial charge in [-0.05, 0) is 85.2 Å². The van der Waals surface area contributed by atoms with Crippen molar-refractivity contribution in [2.45, 2.75) is 70.6 Å². The Balaban J connectivity index is 0.847. The zero-order valence-electron chi connectivity index (χ0n) is 35.9. The zero-order chi connectivity index (χ0) is 42.5. The van der Waals surface area contributed by atoms with E-state index in [1.165, 1.54) is 5.56 Å². The average molecular weight is 856 g/mol. The van der Waals surface area contributed by atoms with Crippen LogP contribution in [0.5, 0.6) is 0 Å². The van der Waals surface area contributed by atoms with Gasteiger partial charge in [0.25, 0.3) is 0 Å². The van der Waals surface area contributed by atoms with Gasteiger partial charge in [0.1, 0.15) is 0 Å². The van der Waals surface area contributed by atoms with Crippen LogP contribution >= 0.6 is 21.6 Å². The third-order valence-electron chi connectivity index (χ3n) is 11.2. The highest BCUT2D eigenvalue weighted by atomic mass is 33.1. The molecule has 0 aliphatic carbocycles. The summed E-state index contributed by atoms with van der Waals surface area (Å²) in [6.45, 7) is 8.18. The van der Waals surface area contributed by atoms with Crippen LogP contribution in [0.1, 0.15) is 68.6 Å². The summed E-state index contributed by atoms with van der Waals surface area (Å²) in [5, 5.41) is 23.0. The Labute approximate surface area is 366 Å². The van der Waals surface area contributed by atoms with E-state index in [0.717, 1.165) is 85.7 Å². The minimum atomic E-state index is -0.224. The lowest BCUT2D eigenvalue weighted by Crippen LogP contribution is -2.40. The van der Waals surface area contributed by atoms with Crippen molar-refractivity contribution in [2.75, 3.05) is 81.2 Å². The molecule has 0 spiro atoms. The highest BCUT2D eigenvalue weighted by molar-refractivity contribution is 8.76. The number of nitrogens with zero attached hydrogens (tertiary/aromatic N) is 5. The van der Waals surface area contributed by atoms with Crippen LogP contribution in [-0.2, 0) is 16.1 Å². The molecule has 3 N–H and O–H groups in total. The molecule has 2 aromatic carbocycles. The number of anilines is 2. The van der Waals surface area contributed by atoms with Gasteiger partial charge in [-0.15, -0.1) is 0 Å². The molecule has 0 saturated carbocycles. The molecule has 2 aliphatic heterocycles. The van der Waals surface area contributed by atoms with E-state index in [0.29, 0.717) is 51.5 Å². The lowest BCUT2D eigenvalue weighted by Gasteiger charge is -2.17. The highest BCUT2D eigenvalue weighted by Crippen LogP contribution is 2.25. The number of β-amino-alcohol motifs (C(OH)–C–C–N with tert-alkyl or cyclic N) is 2. The summed E-state index contributed by atoms with van der Waals surface area (Å²) < 4.78 is 2.11. The molecule has 0 bridgehead atoms. The largest absolute Gasteiger partial charge is 0.391 e. The molecule has 324 valence electrons. The summed E-state index contributed by atoms with van der Waals surface area (Å²) in [6.07, 6.45) is 21.9. The highest BCUT2D eigenvalue weighted by Gasteiger charge is 2.21. The number of carbonyl (C=O) groups is 2. The minimum Gasteiger partial charge on any atom is -0.391 e. The van der Waals surface area contributed by atoms with Crippen LogP contribution in [0.25, 0.3) is 18.2 Å². The van der Waals surface area contributed by atoms with Gasteiger partial charge in [0, 0.05) is 101 Å². The van der Waals surface area contributed by atoms with Gasteiger partial charge in [0.15, 0.2) is 18.9 Å². The minimum absolute atomic E-state index is 0.172. The second kappa shape index (κ2) is 25.5. The van der Waals surface area contributed by atoms with Crippen LogP contribution in [0.4, 0.5) is 11.4 Å². The van der Waals surface area contributed by atoms with Gasteiger partial charge in [-0.2, -0.15) is 0 Å². The van der Waals surface area contributed by atoms with Crippen molar-refractivity contribution in [3.63, 3.8) is 0 Å². The number of hydrogen-bond acceptors (Lipinski definition) is 9. The maximum Gasteiger partial charge on any atom is 0.222 e. The molecule has 3 unspecified atom stereocenters. The second-order valence-electron chi connectivity index (χ2n) is 15.9. The fraction of sp³-hybridized carbons (Fsp3) is 0.479. The first-order valence-corrected chi connectivity index (χ1v) is 24.2. The van der Waals surface area contributed by atoms with Gasteiger partial charge < -0.3 is 35.1 Å². The quantitative estimate of drug-likeness (QED) is 0.0501. The Hall–Kier alpha value is -4.23. The number of amides is 2. The normalized spacial score (nSPS) is 17.4. The van der Waals surface area contributed by atoms with Crippen LogP contribution in [-0.4, -0.2) is 115 Å². The van der Waals surface area contributed by atoms with E-state index in [9.17, 15) is 19.8 Å². The smallest absolute Gasteiger partial charge is 0.222 e. The molecule has 2 fully saturated rings. The molecular formula is C48H67N6O4S2+. The molecule has 0 radical (unpaired) electrons. The maximum absolute atomic E-state index is 12.7. The molecule has 3 atom stereocenters. The third kappa shape index (κ3) is 16.3. The lowest BCUT2D eigenvalue weighted by molar-refractivity contribution is -0.696. The molecule has 10 nitrogen and oxygen atoms in total. The Kier molecular flexibility index (Phi) is 19.9. The molecule has 2 saturated heterocycles. The Morgan fingerprint density at radius 2 is 1.25 bits per heavy atom. The fourth-order valence-corrected chi connectivity index (χ4v) is 9.30. The molecule has 3 heterocycles. The van der Waals surface area contributed by atoms with Crippen LogP contribution in [0.2, 0.25) is 0 Å². The van der Waals surface area contributed by atoms with Gasteiger partial charge in [-0.25, -0.2) is 4.57 Å². The standard InChI is InChI=1S/C48H67N6O4S2/c1-4-39(9-10-40-13-17-43(18-14-40)53-30-24-45(55)37-53)21-26-49-27-32-50(2)47(57)7-5-35-59-60-36-6-8-48(58)51(3)33-34-52-28-22-42(23-29-52)12-11-41-15-19-44(20-16-41)54-31-25-46(56)38-54/h9-23,26,28-29,39,45-46,49,55-56H,4-8,24-25,27,30-38H2,1-3H3/q+1/b10-9+,26-21-. The molecule has 3 aromatic rings. The van der Waals surface area contributed by atoms with Crippen molar-refractivity contribution >= 4 is 63.0 Å². The number of aromatic nitrogens is 1.